The topological polar surface area (TPSA) is 99.6 Å². The molecular weight excluding hydrogens is 534 g/mol. The highest BCUT2D eigenvalue weighted by atomic mass is 16.5. The highest BCUT2D eigenvalue weighted by molar-refractivity contribution is 6.03. The van der Waals surface area contributed by atoms with Crippen molar-refractivity contribution < 1.29 is 29.0 Å². The van der Waals surface area contributed by atoms with E-state index in [-0.39, 0.29) is 30.9 Å². The predicted octanol–water partition coefficient (Wildman–Crippen LogP) is 3.95. The van der Waals surface area contributed by atoms with Gasteiger partial charge >= 0.3 is 0 Å². The largest absolute Gasteiger partial charge is 0.494 e. The quantitative estimate of drug-likeness (QED) is 0.249. The number of aliphatic hydroxyl groups excluding tert-OH is 1. The second-order valence-electron chi connectivity index (χ2n) is 11.9. The lowest BCUT2D eigenvalue weighted by atomic mass is 9.66. The van der Waals surface area contributed by atoms with Gasteiger partial charge < -0.3 is 29.3 Å². The lowest BCUT2D eigenvalue weighted by Gasteiger charge is -2.38. The molecule has 0 saturated carbocycles. The number of hydrogen-bond acceptors (Lipinski definition) is 6. The molecule has 3 aliphatic heterocycles. The molecule has 1 spiro atoms. The smallest absolute Gasteiger partial charge is 0.248 e. The molecule has 1 N–H and O–H groups in total. The third kappa shape index (κ3) is 5.37. The molecular formula is C33H47N3O6. The maximum Gasteiger partial charge on any atom is 0.248 e. The van der Waals surface area contributed by atoms with Gasteiger partial charge in [0.2, 0.25) is 17.7 Å². The van der Waals surface area contributed by atoms with E-state index in [4.69, 9.17) is 9.47 Å². The summed E-state index contributed by atoms with van der Waals surface area (Å²) in [6.45, 7) is 16.7. The molecule has 9 nitrogen and oxygen atoms in total. The average Bonchev–Trinajstić information content (AvgIpc) is 3.55. The van der Waals surface area contributed by atoms with E-state index in [1.165, 1.54) is 4.90 Å². The Bertz CT molecular complexity index is 1170. The molecule has 42 heavy (non-hydrogen) atoms. The normalized spacial score (nSPS) is 28.4. The highest BCUT2D eigenvalue weighted by Crippen LogP contribution is 2.64. The van der Waals surface area contributed by atoms with Gasteiger partial charge in [0.1, 0.15) is 17.4 Å². The Morgan fingerprint density at radius 2 is 1.83 bits per heavy atom. The van der Waals surface area contributed by atoms with E-state index in [9.17, 15) is 19.5 Å². The summed E-state index contributed by atoms with van der Waals surface area (Å²) in [5.41, 5.74) is -1.41. The van der Waals surface area contributed by atoms with Crippen LogP contribution in [0.15, 0.2) is 49.6 Å². The SMILES string of the molecule is C=CCN(CCCCC)C(=O)C1N([C@H](C)CO)C(=O)[C@@H]2[C@@H](C(=O)N(CC=C)c3ccc(OCC)cc3)[C@@]3(C)CCC12O3. The van der Waals surface area contributed by atoms with Gasteiger partial charge in [-0.2, -0.15) is 0 Å². The summed E-state index contributed by atoms with van der Waals surface area (Å²) >= 11 is 0. The third-order valence-electron chi connectivity index (χ3n) is 9.18. The predicted molar refractivity (Wildman–Crippen MR) is 162 cm³/mol. The van der Waals surface area contributed by atoms with E-state index in [1.807, 2.05) is 38.1 Å². The Kier molecular flexibility index (Phi) is 9.83. The number of benzene rings is 1. The van der Waals surface area contributed by atoms with Crippen LogP contribution >= 0.6 is 0 Å². The average molecular weight is 582 g/mol. The van der Waals surface area contributed by atoms with Crippen LogP contribution in [-0.2, 0) is 19.1 Å². The van der Waals surface area contributed by atoms with Crippen molar-refractivity contribution in [1.29, 1.82) is 0 Å². The van der Waals surface area contributed by atoms with Gasteiger partial charge in [-0.25, -0.2) is 0 Å². The standard InChI is InChI=1S/C33H47N3O6/c1-7-11-12-21-34(19-8-2)31(40)28-33-18-17-32(6,42-33)26(27(33)30(39)36(28)23(5)22-37)29(38)35(20-9-3)24-13-15-25(16-14-24)41-10-4/h8-9,13-16,23,26-28,37H,2-3,7,10-12,17-22H2,1,4-6H3/t23-,26+,27+,28?,32-,33?/m1/s1. The van der Waals surface area contributed by atoms with E-state index in [0.717, 1.165) is 19.3 Å². The summed E-state index contributed by atoms with van der Waals surface area (Å²) in [6, 6.07) is 5.73. The Morgan fingerprint density at radius 3 is 2.43 bits per heavy atom. The van der Waals surface area contributed by atoms with Crippen molar-refractivity contribution in [3.8, 4) is 5.75 Å². The van der Waals surface area contributed by atoms with Crippen molar-refractivity contribution >= 4 is 23.4 Å². The van der Waals surface area contributed by atoms with Crippen LogP contribution in [0.4, 0.5) is 5.69 Å². The van der Waals surface area contributed by atoms with Crippen LogP contribution in [0.5, 0.6) is 5.75 Å². The Labute approximate surface area is 250 Å². The summed E-state index contributed by atoms with van der Waals surface area (Å²) in [7, 11) is 0. The van der Waals surface area contributed by atoms with Gasteiger partial charge in [-0.1, -0.05) is 31.9 Å². The zero-order valence-electron chi connectivity index (χ0n) is 25.6. The van der Waals surface area contributed by atoms with Crippen LogP contribution in [0, 0.1) is 11.8 Å². The van der Waals surface area contributed by atoms with Crippen LogP contribution < -0.4 is 9.64 Å². The number of carbonyl (C=O) groups excluding carboxylic acids is 3. The molecule has 0 aromatic heterocycles. The van der Waals surface area contributed by atoms with Crippen molar-refractivity contribution in [2.45, 2.75) is 83.1 Å². The van der Waals surface area contributed by atoms with Gasteiger partial charge in [-0.15, -0.1) is 13.2 Å². The minimum absolute atomic E-state index is 0.214. The molecule has 4 rings (SSSR count). The molecule has 0 aliphatic carbocycles. The minimum Gasteiger partial charge on any atom is -0.494 e. The number of carbonyl (C=O) groups is 3. The zero-order chi connectivity index (χ0) is 30.7. The Hall–Kier alpha value is -3.17. The lowest BCUT2D eigenvalue weighted by Crippen LogP contribution is -2.58. The number of likely N-dealkylation sites (tertiary alicyclic amines) is 1. The van der Waals surface area contributed by atoms with Gasteiger partial charge in [0.15, 0.2) is 0 Å². The Balaban J connectivity index is 1.75. The first-order chi connectivity index (χ1) is 20.1. The summed E-state index contributed by atoms with van der Waals surface area (Å²) in [5, 5.41) is 10.2. The molecule has 3 heterocycles. The number of nitrogens with zero attached hydrogens (tertiary/aromatic N) is 3. The van der Waals surface area contributed by atoms with Crippen LogP contribution in [0.2, 0.25) is 0 Å². The number of unbranched alkanes of at least 4 members (excludes halogenated alkanes) is 2. The highest BCUT2D eigenvalue weighted by Gasteiger charge is 2.78. The van der Waals surface area contributed by atoms with Crippen molar-refractivity contribution in [2.24, 2.45) is 11.8 Å². The molecule has 230 valence electrons. The summed E-state index contributed by atoms with van der Waals surface area (Å²) in [5.74, 6) is -1.71. The summed E-state index contributed by atoms with van der Waals surface area (Å²) < 4.78 is 12.4. The molecule has 3 aliphatic rings. The maximum atomic E-state index is 14.5. The van der Waals surface area contributed by atoms with E-state index in [1.54, 1.807) is 28.9 Å². The third-order valence-corrected chi connectivity index (χ3v) is 9.18. The molecule has 0 radical (unpaired) electrons. The van der Waals surface area contributed by atoms with E-state index >= 15 is 0 Å². The minimum atomic E-state index is -1.16. The lowest BCUT2D eigenvalue weighted by molar-refractivity contribution is -0.154. The number of aliphatic hydroxyl groups is 1. The number of rotatable bonds is 15. The first-order valence-corrected chi connectivity index (χ1v) is 15.3. The van der Waals surface area contributed by atoms with Crippen LogP contribution in [0.3, 0.4) is 0 Å². The van der Waals surface area contributed by atoms with Crippen molar-refractivity contribution in [1.82, 2.24) is 9.80 Å². The van der Waals surface area contributed by atoms with Gasteiger partial charge in [-0.05, 0) is 64.3 Å². The monoisotopic (exact) mass is 581 g/mol. The summed E-state index contributed by atoms with van der Waals surface area (Å²) in [4.78, 5) is 48.1. The number of fused-ring (bicyclic) bond motifs is 1. The number of ether oxygens (including phenoxy) is 2. The van der Waals surface area contributed by atoms with E-state index in [2.05, 4.69) is 20.1 Å². The maximum absolute atomic E-state index is 14.5. The molecule has 3 saturated heterocycles. The van der Waals surface area contributed by atoms with Crippen molar-refractivity contribution in [2.75, 3.05) is 37.7 Å². The number of anilines is 1. The fourth-order valence-electron chi connectivity index (χ4n) is 7.26. The fraction of sp³-hybridized carbons (Fsp3) is 0.606. The molecule has 9 heteroatoms. The Morgan fingerprint density at radius 1 is 1.14 bits per heavy atom. The fourth-order valence-corrected chi connectivity index (χ4v) is 7.26. The molecule has 1 aromatic rings. The zero-order valence-corrected chi connectivity index (χ0v) is 25.6. The first kappa shape index (κ1) is 31.8. The molecule has 3 fully saturated rings. The van der Waals surface area contributed by atoms with Crippen molar-refractivity contribution in [3.05, 3.63) is 49.6 Å². The van der Waals surface area contributed by atoms with Crippen LogP contribution in [0.25, 0.3) is 0 Å². The molecule has 2 unspecified atom stereocenters. The number of hydrogen-bond donors (Lipinski definition) is 1. The second-order valence-corrected chi connectivity index (χ2v) is 11.9. The molecule has 2 bridgehead atoms. The van der Waals surface area contributed by atoms with Crippen molar-refractivity contribution in [3.63, 3.8) is 0 Å². The van der Waals surface area contributed by atoms with Crippen LogP contribution in [0.1, 0.15) is 59.8 Å². The van der Waals surface area contributed by atoms with Gasteiger partial charge in [-0.3, -0.25) is 14.4 Å². The first-order valence-electron chi connectivity index (χ1n) is 15.3. The molecule has 6 atom stereocenters. The van der Waals surface area contributed by atoms with Crippen LogP contribution in [-0.4, -0.2) is 88.8 Å². The molecule has 3 amide bonds. The van der Waals surface area contributed by atoms with Gasteiger partial charge in [0.25, 0.3) is 0 Å². The second kappa shape index (κ2) is 13.0. The molecule has 1 aromatic carbocycles. The van der Waals surface area contributed by atoms with Gasteiger partial charge in [0.05, 0.1) is 36.7 Å². The van der Waals surface area contributed by atoms with E-state index < -0.39 is 35.1 Å². The van der Waals surface area contributed by atoms with E-state index in [0.29, 0.717) is 44.0 Å². The number of amides is 3. The summed E-state index contributed by atoms with van der Waals surface area (Å²) in [6.07, 6.45) is 7.20. The van der Waals surface area contributed by atoms with Gasteiger partial charge in [0, 0.05) is 25.3 Å².